The molecule has 0 aliphatic heterocycles. The molecule has 0 aliphatic rings. The third-order valence-corrected chi connectivity index (χ3v) is 6.65. The van der Waals surface area contributed by atoms with Gasteiger partial charge in [-0.2, -0.15) is 0 Å². The molecule has 0 heterocycles. The number of benzene rings is 5. The molecule has 0 spiro atoms. The van der Waals surface area contributed by atoms with Crippen LogP contribution >= 0.6 is 0 Å². The fraction of sp³-hybridized carbons (Fsp3) is 0.118. The van der Waals surface area contributed by atoms with Crippen molar-refractivity contribution in [2.24, 2.45) is 5.16 Å². The molecular weight excluding hydrogens is 482 g/mol. The van der Waals surface area contributed by atoms with E-state index in [1.165, 1.54) is 23.6 Å². The van der Waals surface area contributed by atoms with Crippen molar-refractivity contribution in [1.29, 1.82) is 0 Å². The summed E-state index contributed by atoms with van der Waals surface area (Å²) in [5, 5.41) is 6.26. The SMILES string of the molecule is CC(=O)O/N=C(/C)c1ccc(N(c2ccccc2)c2cccc3cc(N(C)Cc4ccccc4)ccc23)cc1. The molecule has 5 rings (SSSR count). The topological polar surface area (TPSA) is 45.1 Å². The van der Waals surface area contributed by atoms with Gasteiger partial charge in [0, 0.05) is 43.0 Å². The molecule has 0 N–H and O–H groups in total. The maximum Gasteiger partial charge on any atom is 0.331 e. The molecular formula is C34H31N3O2. The second kappa shape index (κ2) is 11.7. The van der Waals surface area contributed by atoms with Gasteiger partial charge in [0.2, 0.25) is 0 Å². The van der Waals surface area contributed by atoms with Gasteiger partial charge in [-0.1, -0.05) is 84.0 Å². The van der Waals surface area contributed by atoms with Crippen LogP contribution < -0.4 is 9.80 Å². The number of para-hydroxylation sites is 1. The Labute approximate surface area is 229 Å². The summed E-state index contributed by atoms with van der Waals surface area (Å²) >= 11 is 0. The van der Waals surface area contributed by atoms with Gasteiger partial charge in [-0.3, -0.25) is 0 Å². The highest BCUT2D eigenvalue weighted by Gasteiger charge is 2.16. The van der Waals surface area contributed by atoms with Crippen LogP contribution in [0.3, 0.4) is 0 Å². The van der Waals surface area contributed by atoms with Crippen LogP contribution in [0.2, 0.25) is 0 Å². The average molecular weight is 514 g/mol. The molecule has 5 aromatic carbocycles. The van der Waals surface area contributed by atoms with Crippen molar-refractivity contribution in [1.82, 2.24) is 0 Å². The molecule has 194 valence electrons. The van der Waals surface area contributed by atoms with E-state index in [0.29, 0.717) is 5.71 Å². The van der Waals surface area contributed by atoms with Crippen LogP contribution in [0.25, 0.3) is 10.8 Å². The fourth-order valence-electron chi connectivity index (χ4n) is 4.68. The smallest absolute Gasteiger partial charge is 0.331 e. The van der Waals surface area contributed by atoms with Crippen LogP contribution in [0, 0.1) is 0 Å². The van der Waals surface area contributed by atoms with E-state index in [-0.39, 0.29) is 0 Å². The Kier molecular flexibility index (Phi) is 7.69. The zero-order chi connectivity index (χ0) is 27.2. The Morgan fingerprint density at radius 2 is 1.36 bits per heavy atom. The summed E-state index contributed by atoms with van der Waals surface area (Å²) in [6, 6.07) is 42.1. The minimum absolute atomic E-state index is 0.438. The van der Waals surface area contributed by atoms with Crippen molar-refractivity contribution in [3.63, 3.8) is 0 Å². The lowest BCUT2D eigenvalue weighted by Gasteiger charge is -2.27. The largest absolute Gasteiger partial charge is 0.370 e. The number of rotatable bonds is 8. The van der Waals surface area contributed by atoms with E-state index < -0.39 is 5.97 Å². The number of hydrogen-bond acceptors (Lipinski definition) is 5. The molecule has 0 saturated heterocycles. The van der Waals surface area contributed by atoms with Gasteiger partial charge in [0.1, 0.15) is 0 Å². The third-order valence-electron chi connectivity index (χ3n) is 6.65. The van der Waals surface area contributed by atoms with Crippen LogP contribution in [0.15, 0.2) is 126 Å². The molecule has 0 saturated carbocycles. The predicted octanol–water partition coefficient (Wildman–Crippen LogP) is 8.23. The number of nitrogens with zero attached hydrogens (tertiary/aromatic N) is 3. The van der Waals surface area contributed by atoms with Crippen molar-refractivity contribution in [2.45, 2.75) is 20.4 Å². The second-order valence-corrected chi connectivity index (χ2v) is 9.50. The lowest BCUT2D eigenvalue weighted by Crippen LogP contribution is -2.16. The van der Waals surface area contributed by atoms with E-state index in [1.54, 1.807) is 0 Å². The van der Waals surface area contributed by atoms with Gasteiger partial charge in [0.15, 0.2) is 0 Å². The Bertz CT molecular complexity index is 1600. The second-order valence-electron chi connectivity index (χ2n) is 9.50. The minimum Gasteiger partial charge on any atom is -0.370 e. The van der Waals surface area contributed by atoms with Gasteiger partial charge in [0.05, 0.1) is 11.4 Å². The molecule has 0 radical (unpaired) electrons. The summed E-state index contributed by atoms with van der Waals surface area (Å²) in [5.74, 6) is -0.438. The van der Waals surface area contributed by atoms with Crippen LogP contribution in [-0.2, 0) is 16.2 Å². The first kappa shape index (κ1) is 25.7. The summed E-state index contributed by atoms with van der Waals surface area (Å²) in [5.41, 5.74) is 7.14. The van der Waals surface area contributed by atoms with Gasteiger partial charge < -0.3 is 14.6 Å². The van der Waals surface area contributed by atoms with Gasteiger partial charge in [-0.05, 0) is 65.9 Å². The maximum atomic E-state index is 11.1. The Hall–Kier alpha value is -4.90. The molecule has 0 atom stereocenters. The highest BCUT2D eigenvalue weighted by Crippen LogP contribution is 2.39. The first-order valence-electron chi connectivity index (χ1n) is 13.0. The fourth-order valence-corrected chi connectivity index (χ4v) is 4.68. The molecule has 5 aromatic rings. The average Bonchev–Trinajstić information content (AvgIpc) is 2.97. The van der Waals surface area contributed by atoms with E-state index >= 15 is 0 Å². The van der Waals surface area contributed by atoms with E-state index in [1.807, 2.05) is 43.3 Å². The van der Waals surface area contributed by atoms with Crippen LogP contribution in [0.1, 0.15) is 25.0 Å². The normalized spacial score (nSPS) is 11.3. The van der Waals surface area contributed by atoms with Crippen molar-refractivity contribution in [2.75, 3.05) is 16.8 Å². The molecule has 0 aromatic heterocycles. The molecule has 5 nitrogen and oxygen atoms in total. The van der Waals surface area contributed by atoms with E-state index in [9.17, 15) is 4.79 Å². The highest BCUT2D eigenvalue weighted by atomic mass is 16.7. The lowest BCUT2D eigenvalue weighted by molar-refractivity contribution is -0.140. The number of oxime groups is 1. The van der Waals surface area contributed by atoms with Crippen molar-refractivity contribution < 1.29 is 9.63 Å². The van der Waals surface area contributed by atoms with Gasteiger partial charge in [0.25, 0.3) is 0 Å². The highest BCUT2D eigenvalue weighted by molar-refractivity contribution is 6.01. The minimum atomic E-state index is -0.438. The Balaban J connectivity index is 1.52. The first-order chi connectivity index (χ1) is 19.0. The summed E-state index contributed by atoms with van der Waals surface area (Å²) in [4.78, 5) is 20.5. The molecule has 0 aliphatic carbocycles. The number of carbonyl (C=O) groups excluding carboxylic acids is 1. The first-order valence-corrected chi connectivity index (χ1v) is 13.0. The summed E-state index contributed by atoms with van der Waals surface area (Å²) < 4.78 is 0. The Morgan fingerprint density at radius 1 is 0.718 bits per heavy atom. The molecule has 5 heteroatoms. The molecule has 0 unspecified atom stereocenters. The van der Waals surface area contributed by atoms with Crippen molar-refractivity contribution in [3.8, 4) is 0 Å². The van der Waals surface area contributed by atoms with E-state index in [2.05, 4.69) is 107 Å². The number of fused-ring (bicyclic) bond motifs is 1. The Morgan fingerprint density at radius 3 is 2.05 bits per heavy atom. The number of hydrogen-bond donors (Lipinski definition) is 0. The lowest BCUT2D eigenvalue weighted by atomic mass is 10.0. The van der Waals surface area contributed by atoms with Gasteiger partial charge in [-0.15, -0.1) is 0 Å². The maximum absolute atomic E-state index is 11.1. The van der Waals surface area contributed by atoms with Crippen molar-refractivity contribution in [3.05, 3.63) is 132 Å². The number of carbonyl (C=O) groups is 1. The predicted molar refractivity (Wildman–Crippen MR) is 161 cm³/mol. The summed E-state index contributed by atoms with van der Waals surface area (Å²) in [6.45, 7) is 4.00. The third kappa shape index (κ3) is 5.99. The number of anilines is 4. The summed E-state index contributed by atoms with van der Waals surface area (Å²) in [6.07, 6.45) is 0. The van der Waals surface area contributed by atoms with Gasteiger partial charge >= 0.3 is 5.97 Å². The van der Waals surface area contributed by atoms with Crippen molar-refractivity contribution >= 4 is 45.2 Å². The molecule has 0 amide bonds. The van der Waals surface area contributed by atoms with Gasteiger partial charge in [-0.25, -0.2) is 4.79 Å². The van der Waals surface area contributed by atoms with E-state index in [0.717, 1.165) is 34.6 Å². The van der Waals surface area contributed by atoms with Crippen LogP contribution in [0.5, 0.6) is 0 Å². The molecule has 0 fully saturated rings. The van der Waals surface area contributed by atoms with Crippen LogP contribution in [-0.4, -0.2) is 18.7 Å². The molecule has 0 bridgehead atoms. The zero-order valence-electron chi connectivity index (χ0n) is 22.4. The standard InChI is InChI=1S/C34H31N3O2/c1-25(35-39-26(2)38)28-17-19-31(20-18-28)37(30-14-8-5-9-15-30)34-16-10-13-29-23-32(21-22-33(29)34)36(3)24-27-11-6-4-7-12-27/h4-23H,24H2,1-3H3/b35-25-. The zero-order valence-corrected chi connectivity index (χ0v) is 22.4. The van der Waals surface area contributed by atoms with Crippen LogP contribution in [0.4, 0.5) is 22.7 Å². The summed E-state index contributed by atoms with van der Waals surface area (Å²) in [7, 11) is 2.13. The quantitative estimate of drug-likeness (QED) is 0.119. The monoisotopic (exact) mass is 513 g/mol. The van der Waals surface area contributed by atoms with E-state index in [4.69, 9.17) is 4.84 Å². The molecule has 39 heavy (non-hydrogen) atoms.